The van der Waals surface area contributed by atoms with E-state index >= 15 is 0 Å². The van der Waals surface area contributed by atoms with Crippen molar-refractivity contribution in [3.8, 4) is 0 Å². The largest absolute Gasteiger partial charge is 0.127 e. The van der Waals surface area contributed by atoms with Gasteiger partial charge >= 0.3 is 0 Å². The molecule has 0 aromatic carbocycles. The van der Waals surface area contributed by atoms with Crippen LogP contribution in [0.1, 0.15) is 19.8 Å². The highest BCUT2D eigenvalue weighted by atomic mass is 79.9. The van der Waals surface area contributed by atoms with Gasteiger partial charge in [-0.3, -0.25) is 0 Å². The SMILES string of the molecule is C/C(Br)=C/CCCCl. The van der Waals surface area contributed by atoms with Gasteiger partial charge in [0.15, 0.2) is 0 Å². The molecule has 0 N–H and O–H groups in total. The molecule has 0 aliphatic heterocycles. The first kappa shape index (κ1) is 8.51. The van der Waals surface area contributed by atoms with Gasteiger partial charge in [-0.2, -0.15) is 0 Å². The summed E-state index contributed by atoms with van der Waals surface area (Å²) in [5.41, 5.74) is 0. The van der Waals surface area contributed by atoms with E-state index in [0.717, 1.165) is 18.7 Å². The van der Waals surface area contributed by atoms with Crippen LogP contribution in [0.15, 0.2) is 10.6 Å². The summed E-state index contributed by atoms with van der Waals surface area (Å²) in [6.45, 7) is 2.02. The highest BCUT2D eigenvalue weighted by molar-refractivity contribution is 9.11. The van der Waals surface area contributed by atoms with Gasteiger partial charge in [-0.25, -0.2) is 0 Å². The average molecular weight is 198 g/mol. The maximum atomic E-state index is 5.44. The van der Waals surface area contributed by atoms with Gasteiger partial charge in [0.05, 0.1) is 0 Å². The molecule has 0 heterocycles. The Morgan fingerprint density at radius 2 is 2.38 bits per heavy atom. The zero-order valence-electron chi connectivity index (χ0n) is 4.95. The Morgan fingerprint density at radius 1 is 1.75 bits per heavy atom. The first-order chi connectivity index (χ1) is 3.77. The van der Waals surface area contributed by atoms with E-state index in [9.17, 15) is 0 Å². The predicted molar refractivity (Wildman–Crippen MR) is 42.6 cm³/mol. The highest BCUT2D eigenvalue weighted by Crippen LogP contribution is 2.04. The number of rotatable bonds is 3. The van der Waals surface area contributed by atoms with Crippen molar-refractivity contribution in [1.82, 2.24) is 0 Å². The van der Waals surface area contributed by atoms with Crippen LogP contribution in [-0.4, -0.2) is 5.88 Å². The molecule has 0 saturated heterocycles. The van der Waals surface area contributed by atoms with Crippen molar-refractivity contribution < 1.29 is 0 Å². The molecule has 0 rings (SSSR count). The smallest absolute Gasteiger partial charge is 0.0226 e. The molecule has 0 fully saturated rings. The molecule has 0 aliphatic carbocycles. The number of hydrogen-bond donors (Lipinski definition) is 0. The fraction of sp³-hybridized carbons (Fsp3) is 0.667. The number of unbranched alkanes of at least 4 members (excludes halogenated alkanes) is 1. The minimum absolute atomic E-state index is 0.761. The van der Waals surface area contributed by atoms with Crippen molar-refractivity contribution in [2.75, 3.05) is 5.88 Å². The zero-order valence-corrected chi connectivity index (χ0v) is 7.30. The third-order valence-electron chi connectivity index (χ3n) is 0.763. The molecule has 8 heavy (non-hydrogen) atoms. The fourth-order valence-corrected chi connectivity index (χ4v) is 0.761. The van der Waals surface area contributed by atoms with E-state index in [1.165, 1.54) is 4.48 Å². The van der Waals surface area contributed by atoms with E-state index in [1.54, 1.807) is 0 Å². The van der Waals surface area contributed by atoms with E-state index in [4.69, 9.17) is 11.6 Å². The molecule has 0 spiro atoms. The van der Waals surface area contributed by atoms with Gasteiger partial charge < -0.3 is 0 Å². The quantitative estimate of drug-likeness (QED) is 0.481. The molecule has 0 bridgehead atoms. The second-order valence-corrected chi connectivity index (χ2v) is 3.25. The minimum Gasteiger partial charge on any atom is -0.127 e. The highest BCUT2D eigenvalue weighted by Gasteiger charge is 1.80. The molecule has 0 aliphatic rings. The van der Waals surface area contributed by atoms with Crippen LogP contribution in [-0.2, 0) is 0 Å². The Morgan fingerprint density at radius 3 is 2.75 bits per heavy atom. The number of allylic oxidation sites excluding steroid dienone is 2. The molecule has 0 amide bonds. The van der Waals surface area contributed by atoms with Crippen LogP contribution in [0.5, 0.6) is 0 Å². The van der Waals surface area contributed by atoms with Crippen LogP contribution in [0, 0.1) is 0 Å². The summed E-state index contributed by atoms with van der Waals surface area (Å²) >= 11 is 8.76. The first-order valence-corrected chi connectivity index (χ1v) is 3.98. The van der Waals surface area contributed by atoms with Gasteiger partial charge in [0, 0.05) is 5.88 Å². The Bertz CT molecular complexity index is 74.6. The van der Waals surface area contributed by atoms with Crippen LogP contribution in [0.4, 0.5) is 0 Å². The summed E-state index contributed by atoms with van der Waals surface area (Å²) < 4.78 is 1.20. The Kier molecular flexibility index (Phi) is 6.00. The second kappa shape index (κ2) is 5.64. The first-order valence-electron chi connectivity index (χ1n) is 2.65. The number of halogens is 2. The lowest BCUT2D eigenvalue weighted by Gasteiger charge is -1.86. The topological polar surface area (TPSA) is 0 Å². The normalized spacial score (nSPS) is 12.1. The van der Waals surface area contributed by atoms with Crippen molar-refractivity contribution in [2.45, 2.75) is 19.8 Å². The van der Waals surface area contributed by atoms with Crippen LogP contribution in [0.3, 0.4) is 0 Å². The van der Waals surface area contributed by atoms with E-state index < -0.39 is 0 Å². The monoisotopic (exact) mass is 196 g/mol. The minimum atomic E-state index is 0.761. The summed E-state index contributed by atoms with van der Waals surface area (Å²) in [6, 6.07) is 0. The standard InChI is InChI=1S/C6H10BrCl/c1-6(7)4-2-3-5-8/h4H,2-3,5H2,1H3/b6-4-. The average Bonchev–Trinajstić information content (AvgIpc) is 1.66. The molecule has 0 aromatic heterocycles. The second-order valence-electron chi connectivity index (χ2n) is 1.62. The molecule has 0 atom stereocenters. The summed E-state index contributed by atoms with van der Waals surface area (Å²) in [4.78, 5) is 0. The number of alkyl halides is 1. The molecular weight excluding hydrogens is 187 g/mol. The van der Waals surface area contributed by atoms with E-state index in [2.05, 4.69) is 22.0 Å². The molecule has 0 unspecified atom stereocenters. The van der Waals surface area contributed by atoms with Gasteiger partial charge in [0.25, 0.3) is 0 Å². The van der Waals surface area contributed by atoms with Crippen molar-refractivity contribution in [3.63, 3.8) is 0 Å². The van der Waals surface area contributed by atoms with Crippen LogP contribution >= 0.6 is 27.5 Å². The van der Waals surface area contributed by atoms with Gasteiger partial charge in [-0.15, -0.1) is 11.6 Å². The fourth-order valence-electron chi connectivity index (χ4n) is 0.378. The van der Waals surface area contributed by atoms with Gasteiger partial charge in [-0.05, 0) is 24.2 Å². The van der Waals surface area contributed by atoms with E-state index in [0.29, 0.717) is 0 Å². The maximum Gasteiger partial charge on any atom is 0.0226 e. The predicted octanol–water partition coefficient (Wildman–Crippen LogP) is 3.30. The van der Waals surface area contributed by atoms with E-state index in [-0.39, 0.29) is 0 Å². The van der Waals surface area contributed by atoms with Crippen LogP contribution in [0.2, 0.25) is 0 Å². The van der Waals surface area contributed by atoms with Crippen LogP contribution < -0.4 is 0 Å². The van der Waals surface area contributed by atoms with Crippen molar-refractivity contribution in [1.29, 1.82) is 0 Å². The molecule has 48 valence electrons. The molecule has 0 nitrogen and oxygen atoms in total. The Balaban J connectivity index is 3.03. The lowest BCUT2D eigenvalue weighted by Crippen LogP contribution is -1.70. The van der Waals surface area contributed by atoms with E-state index in [1.807, 2.05) is 6.92 Å². The van der Waals surface area contributed by atoms with Gasteiger partial charge in [0.1, 0.15) is 0 Å². The third kappa shape index (κ3) is 6.51. The molecule has 0 radical (unpaired) electrons. The lowest BCUT2D eigenvalue weighted by atomic mass is 10.3. The van der Waals surface area contributed by atoms with Crippen molar-refractivity contribution >= 4 is 27.5 Å². The maximum absolute atomic E-state index is 5.44. The number of hydrogen-bond acceptors (Lipinski definition) is 0. The van der Waals surface area contributed by atoms with Crippen molar-refractivity contribution in [2.24, 2.45) is 0 Å². The lowest BCUT2D eigenvalue weighted by molar-refractivity contribution is 0.963. The molecular formula is C6H10BrCl. The molecule has 0 aromatic rings. The molecule has 0 saturated carbocycles. The molecule has 2 heteroatoms. The Hall–Kier alpha value is 0.510. The Labute approximate surface area is 64.0 Å². The summed E-state index contributed by atoms with van der Waals surface area (Å²) in [6.07, 6.45) is 4.29. The summed E-state index contributed by atoms with van der Waals surface area (Å²) in [5, 5.41) is 0. The van der Waals surface area contributed by atoms with Crippen molar-refractivity contribution in [3.05, 3.63) is 10.6 Å². The summed E-state index contributed by atoms with van der Waals surface area (Å²) in [7, 11) is 0. The zero-order chi connectivity index (χ0) is 6.41. The van der Waals surface area contributed by atoms with Gasteiger partial charge in [-0.1, -0.05) is 22.0 Å². The van der Waals surface area contributed by atoms with Crippen LogP contribution in [0.25, 0.3) is 0 Å². The summed E-state index contributed by atoms with van der Waals surface area (Å²) in [5.74, 6) is 0.761. The third-order valence-corrected chi connectivity index (χ3v) is 1.35. The van der Waals surface area contributed by atoms with Gasteiger partial charge in [0.2, 0.25) is 0 Å².